The van der Waals surface area contributed by atoms with Gasteiger partial charge in [-0.1, -0.05) is 18.2 Å². The van der Waals surface area contributed by atoms with E-state index in [0.29, 0.717) is 6.04 Å². The minimum Gasteiger partial charge on any atom is -0.314 e. The summed E-state index contributed by atoms with van der Waals surface area (Å²) >= 11 is 0. The van der Waals surface area contributed by atoms with Gasteiger partial charge in [0.1, 0.15) is 0 Å². The van der Waals surface area contributed by atoms with Crippen molar-refractivity contribution in [2.24, 2.45) is 5.92 Å². The van der Waals surface area contributed by atoms with Gasteiger partial charge in [0.25, 0.3) is 0 Å². The summed E-state index contributed by atoms with van der Waals surface area (Å²) in [5, 5.41) is 3.46. The van der Waals surface area contributed by atoms with Gasteiger partial charge in [0.2, 0.25) is 0 Å². The fraction of sp³-hybridized carbons (Fsp3) is 0.625. The highest BCUT2D eigenvalue weighted by Crippen LogP contribution is 2.45. The van der Waals surface area contributed by atoms with E-state index in [0.717, 1.165) is 19.0 Å². The lowest BCUT2D eigenvalue weighted by molar-refractivity contribution is 0.155. The Bertz CT molecular complexity index is 417. The van der Waals surface area contributed by atoms with Crippen LogP contribution in [0.25, 0.3) is 0 Å². The molecule has 1 saturated carbocycles. The average Bonchev–Trinajstić information content (AvgIpc) is 3.21. The molecule has 18 heavy (non-hydrogen) atoms. The maximum Gasteiger partial charge on any atom is 0.0380 e. The summed E-state index contributed by atoms with van der Waals surface area (Å²) in [6.07, 6.45) is 2.84. The van der Waals surface area contributed by atoms with E-state index in [9.17, 15) is 0 Å². The lowest BCUT2D eigenvalue weighted by Crippen LogP contribution is -2.45. The zero-order chi connectivity index (χ0) is 12.5. The molecule has 0 spiro atoms. The Kier molecular flexibility index (Phi) is 3.40. The van der Waals surface area contributed by atoms with Gasteiger partial charge in [-0.15, -0.1) is 0 Å². The molecule has 3 rings (SSSR count). The van der Waals surface area contributed by atoms with Crippen LogP contribution >= 0.6 is 0 Å². The van der Waals surface area contributed by atoms with Crippen LogP contribution < -0.4 is 5.32 Å². The molecule has 2 heteroatoms. The Balaban J connectivity index is 1.90. The van der Waals surface area contributed by atoms with Crippen molar-refractivity contribution in [3.63, 3.8) is 0 Å². The highest BCUT2D eigenvalue weighted by atomic mass is 15.2. The first-order valence-corrected chi connectivity index (χ1v) is 7.28. The third-order valence-electron chi connectivity index (χ3n) is 4.58. The van der Waals surface area contributed by atoms with Crippen LogP contribution in [-0.4, -0.2) is 31.1 Å². The second kappa shape index (κ2) is 5.02. The van der Waals surface area contributed by atoms with Gasteiger partial charge in [0.15, 0.2) is 0 Å². The standard InChI is InChI=1S/C16H24N2/c1-12-4-3-5-15(13(12)2)16(14-6-7-14)18-10-8-17-9-11-18/h3-5,14,16-17H,6-11H2,1-2H3/t16-/m0/s1. The predicted molar refractivity (Wildman–Crippen MR) is 75.8 cm³/mol. The van der Waals surface area contributed by atoms with Crippen LogP contribution in [0.4, 0.5) is 0 Å². The second-order valence-electron chi connectivity index (χ2n) is 5.86. The largest absolute Gasteiger partial charge is 0.314 e. The second-order valence-corrected chi connectivity index (χ2v) is 5.86. The molecule has 1 aliphatic heterocycles. The van der Waals surface area contributed by atoms with Crippen molar-refractivity contribution < 1.29 is 0 Å². The van der Waals surface area contributed by atoms with E-state index in [-0.39, 0.29) is 0 Å². The SMILES string of the molecule is Cc1cccc([C@H](C2CC2)N2CCNCC2)c1C. The minimum absolute atomic E-state index is 0.673. The summed E-state index contributed by atoms with van der Waals surface area (Å²) in [5.41, 5.74) is 4.53. The van der Waals surface area contributed by atoms with Crippen LogP contribution in [0.15, 0.2) is 18.2 Å². The van der Waals surface area contributed by atoms with Gasteiger partial charge in [-0.05, 0) is 49.3 Å². The molecule has 2 fully saturated rings. The van der Waals surface area contributed by atoms with Crippen molar-refractivity contribution >= 4 is 0 Å². The summed E-state index contributed by atoms with van der Waals surface area (Å²) in [5.74, 6) is 0.906. The molecule has 1 saturated heterocycles. The van der Waals surface area contributed by atoms with Gasteiger partial charge in [-0.25, -0.2) is 0 Å². The molecule has 1 heterocycles. The first-order chi connectivity index (χ1) is 8.77. The van der Waals surface area contributed by atoms with Crippen LogP contribution in [0.2, 0.25) is 0 Å². The summed E-state index contributed by atoms with van der Waals surface area (Å²) in [7, 11) is 0. The highest BCUT2D eigenvalue weighted by Gasteiger charge is 2.37. The van der Waals surface area contributed by atoms with Crippen molar-refractivity contribution in [2.45, 2.75) is 32.7 Å². The zero-order valence-electron chi connectivity index (χ0n) is 11.6. The van der Waals surface area contributed by atoms with E-state index in [1.807, 2.05) is 0 Å². The number of hydrogen-bond donors (Lipinski definition) is 1. The van der Waals surface area contributed by atoms with E-state index in [4.69, 9.17) is 0 Å². The van der Waals surface area contributed by atoms with Crippen molar-refractivity contribution in [3.8, 4) is 0 Å². The van der Waals surface area contributed by atoms with Crippen molar-refractivity contribution in [1.82, 2.24) is 10.2 Å². The quantitative estimate of drug-likeness (QED) is 0.879. The van der Waals surface area contributed by atoms with Crippen LogP contribution in [0.5, 0.6) is 0 Å². The van der Waals surface area contributed by atoms with Crippen molar-refractivity contribution in [1.29, 1.82) is 0 Å². The van der Waals surface area contributed by atoms with Gasteiger partial charge in [-0.3, -0.25) is 4.90 Å². The summed E-state index contributed by atoms with van der Waals surface area (Å²) < 4.78 is 0. The van der Waals surface area contributed by atoms with Crippen LogP contribution in [0.3, 0.4) is 0 Å². The average molecular weight is 244 g/mol. The lowest BCUT2D eigenvalue weighted by Gasteiger charge is -2.36. The normalized spacial score (nSPS) is 23.0. The summed E-state index contributed by atoms with van der Waals surface area (Å²) in [6.45, 7) is 9.23. The molecule has 2 aliphatic rings. The summed E-state index contributed by atoms with van der Waals surface area (Å²) in [4.78, 5) is 2.70. The number of nitrogens with zero attached hydrogens (tertiary/aromatic N) is 1. The molecule has 1 N–H and O–H groups in total. The molecule has 0 radical (unpaired) electrons. The van der Waals surface area contributed by atoms with Crippen molar-refractivity contribution in [3.05, 3.63) is 34.9 Å². The highest BCUT2D eigenvalue weighted by molar-refractivity contribution is 5.36. The lowest BCUT2D eigenvalue weighted by atomic mass is 9.93. The van der Waals surface area contributed by atoms with Gasteiger partial charge in [0, 0.05) is 32.2 Å². The van der Waals surface area contributed by atoms with Crippen LogP contribution in [-0.2, 0) is 0 Å². The Morgan fingerprint density at radius 2 is 1.89 bits per heavy atom. The molecule has 98 valence electrons. The number of benzene rings is 1. The number of aryl methyl sites for hydroxylation is 1. The molecule has 1 aliphatic carbocycles. The Hall–Kier alpha value is -0.860. The van der Waals surface area contributed by atoms with E-state index < -0.39 is 0 Å². The third kappa shape index (κ3) is 2.32. The van der Waals surface area contributed by atoms with Gasteiger partial charge >= 0.3 is 0 Å². The first-order valence-electron chi connectivity index (χ1n) is 7.28. The van der Waals surface area contributed by atoms with Gasteiger partial charge in [-0.2, -0.15) is 0 Å². The smallest absolute Gasteiger partial charge is 0.0380 e. The van der Waals surface area contributed by atoms with Crippen LogP contribution in [0.1, 0.15) is 35.6 Å². The van der Waals surface area contributed by atoms with Crippen LogP contribution in [0, 0.1) is 19.8 Å². The third-order valence-corrected chi connectivity index (χ3v) is 4.58. The Morgan fingerprint density at radius 3 is 2.56 bits per heavy atom. The van der Waals surface area contributed by atoms with E-state index >= 15 is 0 Å². The van der Waals surface area contributed by atoms with Gasteiger partial charge in [0.05, 0.1) is 0 Å². The molecule has 0 unspecified atom stereocenters. The van der Waals surface area contributed by atoms with Gasteiger partial charge < -0.3 is 5.32 Å². The van der Waals surface area contributed by atoms with Crippen molar-refractivity contribution in [2.75, 3.05) is 26.2 Å². The molecular weight excluding hydrogens is 220 g/mol. The van der Waals surface area contributed by atoms with E-state index in [2.05, 4.69) is 42.3 Å². The Labute approximate surface area is 110 Å². The molecule has 1 atom stereocenters. The fourth-order valence-corrected chi connectivity index (χ4v) is 3.22. The topological polar surface area (TPSA) is 15.3 Å². The zero-order valence-corrected chi connectivity index (χ0v) is 11.6. The molecule has 1 aromatic rings. The molecule has 0 aromatic heterocycles. The predicted octanol–water partition coefficient (Wildman–Crippen LogP) is 2.66. The molecule has 0 amide bonds. The van der Waals surface area contributed by atoms with E-state index in [1.54, 1.807) is 5.56 Å². The fourth-order valence-electron chi connectivity index (χ4n) is 3.22. The molecule has 0 bridgehead atoms. The minimum atomic E-state index is 0.673. The number of rotatable bonds is 3. The first kappa shape index (κ1) is 12.2. The monoisotopic (exact) mass is 244 g/mol. The molecule has 1 aromatic carbocycles. The number of hydrogen-bond acceptors (Lipinski definition) is 2. The molecule has 2 nitrogen and oxygen atoms in total. The number of nitrogens with one attached hydrogen (secondary N) is 1. The van der Waals surface area contributed by atoms with E-state index in [1.165, 1.54) is 37.1 Å². The Morgan fingerprint density at radius 1 is 1.17 bits per heavy atom. The summed E-state index contributed by atoms with van der Waals surface area (Å²) in [6, 6.07) is 7.50. The maximum absolute atomic E-state index is 3.46. The maximum atomic E-state index is 3.46. The molecular formula is C16H24N2. The number of piperazine rings is 1.